The molecule has 0 unspecified atom stereocenters. The standard InChI is InChI=1S/2ClO3.Pd/c2*2-1(3)4;/q2*-1;+2. The summed E-state index contributed by atoms with van der Waals surface area (Å²) in [5.41, 5.74) is 0. The fraction of sp³-hybridized carbons (Fsp3) is 0. The van der Waals surface area contributed by atoms with E-state index in [0.29, 0.717) is 0 Å². The maximum Gasteiger partial charge on any atom is 2.00 e. The van der Waals surface area contributed by atoms with Crippen LogP contribution >= 0.6 is 0 Å². The molecule has 6 nitrogen and oxygen atoms in total. The molecule has 0 aromatic rings. The Kier molecular flexibility index (Phi) is 21.6. The second kappa shape index (κ2) is 11.8. The maximum absolute atomic E-state index is 8.41. The zero-order chi connectivity index (χ0) is 7.15. The first kappa shape index (κ1) is 16.5. The second-order valence-electron chi connectivity index (χ2n) is 0.378. The maximum atomic E-state index is 8.41. The molecule has 0 N–H and O–H groups in total. The van der Waals surface area contributed by atoms with Crippen molar-refractivity contribution in [3.05, 3.63) is 0 Å². The predicted octanol–water partition coefficient (Wildman–Crippen LogP) is -7.14. The van der Waals surface area contributed by atoms with Crippen molar-refractivity contribution in [2.24, 2.45) is 0 Å². The molecule has 60 valence electrons. The molecule has 0 heterocycles. The van der Waals surface area contributed by atoms with Crippen LogP contribution in [0.2, 0.25) is 0 Å². The molecule has 0 rings (SSSR count). The molecule has 0 aliphatic rings. The van der Waals surface area contributed by atoms with Gasteiger partial charge in [-0.2, -0.15) is 0 Å². The Morgan fingerprint density at radius 2 is 0.556 bits per heavy atom. The van der Waals surface area contributed by atoms with Crippen molar-refractivity contribution in [1.82, 2.24) is 0 Å². The van der Waals surface area contributed by atoms with Crippen molar-refractivity contribution in [1.29, 1.82) is 0 Å². The zero-order valence-corrected chi connectivity index (χ0v) is 6.59. The fourth-order valence-corrected chi connectivity index (χ4v) is 0. The summed E-state index contributed by atoms with van der Waals surface area (Å²) in [5, 5.41) is 0. The van der Waals surface area contributed by atoms with Crippen molar-refractivity contribution in [2.45, 2.75) is 0 Å². The third-order valence-electron chi connectivity index (χ3n) is 0. The minimum absolute atomic E-state index is 0. The van der Waals surface area contributed by atoms with Crippen molar-refractivity contribution in [3.8, 4) is 0 Å². The molecular formula is Cl2O6Pd. The summed E-state index contributed by atoms with van der Waals surface area (Å²) in [6.07, 6.45) is 0. The molecule has 0 amide bonds. The Morgan fingerprint density at radius 1 is 0.556 bits per heavy atom. The predicted molar refractivity (Wildman–Crippen MR) is 0 cm³/mol. The van der Waals surface area contributed by atoms with Crippen LogP contribution in [-0.4, -0.2) is 0 Å². The third kappa shape index (κ3) is 439. The molecule has 0 bridgehead atoms. The Morgan fingerprint density at radius 3 is 0.556 bits per heavy atom. The van der Waals surface area contributed by atoms with E-state index in [1.54, 1.807) is 0 Å². The molecule has 0 saturated carbocycles. The fourth-order valence-electron chi connectivity index (χ4n) is 0. The quantitative estimate of drug-likeness (QED) is 0.402. The minimum atomic E-state index is -2.85. The van der Waals surface area contributed by atoms with E-state index in [4.69, 9.17) is 28.0 Å². The van der Waals surface area contributed by atoms with Gasteiger partial charge in [0, 0.05) is 0 Å². The Labute approximate surface area is 70.2 Å². The smallest absolute Gasteiger partial charge is 0.357 e. The van der Waals surface area contributed by atoms with E-state index in [-0.39, 0.29) is 20.4 Å². The Balaban J connectivity index is -0.0000000720. The van der Waals surface area contributed by atoms with Crippen LogP contribution in [0, 0.1) is 21.6 Å². The first-order valence-corrected chi connectivity index (χ1v) is 2.78. The summed E-state index contributed by atoms with van der Waals surface area (Å²) in [4.78, 5) is 0. The van der Waals surface area contributed by atoms with Crippen LogP contribution in [-0.2, 0) is 20.4 Å². The largest absolute Gasteiger partial charge is 2.00 e. The number of hydrogen-bond donors (Lipinski definition) is 0. The molecule has 0 radical (unpaired) electrons. The van der Waals surface area contributed by atoms with Crippen molar-refractivity contribution in [2.75, 3.05) is 0 Å². The van der Waals surface area contributed by atoms with Crippen LogP contribution in [0.25, 0.3) is 0 Å². The van der Waals surface area contributed by atoms with Crippen LogP contribution in [0.5, 0.6) is 0 Å². The van der Waals surface area contributed by atoms with Gasteiger partial charge in [-0.3, -0.25) is 0 Å². The number of hydrogen-bond acceptors (Lipinski definition) is 6. The van der Waals surface area contributed by atoms with Gasteiger partial charge in [-0.15, -0.1) is 0 Å². The monoisotopic (exact) mass is 272 g/mol. The SMILES string of the molecule is [O-][Cl+2]([O-])[O-].[O-][Cl+2]([O-])[O-].[Pd+2]. The molecule has 0 atom stereocenters. The van der Waals surface area contributed by atoms with Gasteiger partial charge in [0.05, 0.1) is 21.6 Å². The van der Waals surface area contributed by atoms with Crippen LogP contribution in [0.4, 0.5) is 0 Å². The Hall–Kier alpha value is 1.00. The third-order valence-corrected chi connectivity index (χ3v) is 0. The van der Waals surface area contributed by atoms with E-state index in [9.17, 15) is 0 Å². The van der Waals surface area contributed by atoms with Gasteiger partial charge >= 0.3 is 20.4 Å². The molecule has 0 saturated heterocycles. The average molecular weight is 273 g/mol. The molecule has 9 heavy (non-hydrogen) atoms. The molecule has 0 aromatic heterocycles. The van der Waals surface area contributed by atoms with Crippen molar-refractivity contribution >= 4 is 0 Å². The summed E-state index contributed by atoms with van der Waals surface area (Å²) in [6, 6.07) is 0. The number of rotatable bonds is 0. The van der Waals surface area contributed by atoms with E-state index in [0.717, 1.165) is 0 Å². The van der Waals surface area contributed by atoms with Crippen molar-refractivity contribution < 1.29 is 69.9 Å². The van der Waals surface area contributed by atoms with Crippen LogP contribution in [0.1, 0.15) is 0 Å². The Bertz CT molecular complexity index is 26.5. The van der Waals surface area contributed by atoms with Gasteiger partial charge in [-0.1, -0.05) is 0 Å². The van der Waals surface area contributed by atoms with Crippen LogP contribution in [0.3, 0.4) is 0 Å². The summed E-state index contributed by atoms with van der Waals surface area (Å²) in [7, 11) is -5.70. The molecule has 0 aromatic carbocycles. The molecule has 0 aliphatic heterocycles. The summed E-state index contributed by atoms with van der Waals surface area (Å²) >= 11 is 0. The van der Waals surface area contributed by atoms with Crippen LogP contribution in [0.15, 0.2) is 0 Å². The molecule has 0 aliphatic carbocycles. The molecule has 0 fully saturated rings. The first-order chi connectivity index (χ1) is 3.46. The van der Waals surface area contributed by atoms with Gasteiger partial charge in [0.1, 0.15) is 0 Å². The summed E-state index contributed by atoms with van der Waals surface area (Å²) in [5.74, 6) is 0. The van der Waals surface area contributed by atoms with Gasteiger partial charge in [-0.05, 0) is 0 Å². The van der Waals surface area contributed by atoms with E-state index < -0.39 is 21.6 Å². The summed E-state index contributed by atoms with van der Waals surface area (Å²) in [6.45, 7) is 0. The average Bonchev–Trinajstić information content (AvgIpc) is 1.25. The van der Waals surface area contributed by atoms with Gasteiger partial charge in [0.25, 0.3) is 0 Å². The van der Waals surface area contributed by atoms with Gasteiger partial charge in [-0.25, -0.2) is 0 Å². The first-order valence-electron chi connectivity index (χ1n) is 0.926. The topological polar surface area (TPSA) is 138 Å². The molecular weight excluding hydrogens is 273 g/mol. The van der Waals surface area contributed by atoms with E-state index >= 15 is 0 Å². The molecule has 9 heteroatoms. The zero-order valence-electron chi connectivity index (χ0n) is 3.52. The van der Waals surface area contributed by atoms with Gasteiger partial charge in [0.15, 0.2) is 0 Å². The van der Waals surface area contributed by atoms with E-state index in [2.05, 4.69) is 0 Å². The summed E-state index contributed by atoms with van der Waals surface area (Å²) < 4.78 is 50.4. The van der Waals surface area contributed by atoms with E-state index in [1.807, 2.05) is 0 Å². The normalized spacial score (nSPS) is 8.00. The van der Waals surface area contributed by atoms with Crippen molar-refractivity contribution in [3.63, 3.8) is 0 Å². The van der Waals surface area contributed by atoms with E-state index in [1.165, 1.54) is 0 Å². The minimum Gasteiger partial charge on any atom is -0.357 e. The molecule has 0 spiro atoms. The van der Waals surface area contributed by atoms with Crippen LogP contribution < -0.4 is 28.0 Å². The number of halogens is 2. The van der Waals surface area contributed by atoms with Gasteiger partial charge < -0.3 is 28.0 Å². The van der Waals surface area contributed by atoms with Gasteiger partial charge in [0.2, 0.25) is 0 Å². The second-order valence-corrected chi connectivity index (χ2v) is 1.13.